The third kappa shape index (κ3) is 3.68. The molecule has 0 saturated carbocycles. The molecule has 4 aromatic rings. The maximum absolute atomic E-state index is 13.2. The van der Waals surface area contributed by atoms with Gasteiger partial charge in [0.25, 0.3) is 0 Å². The van der Waals surface area contributed by atoms with Crippen LogP contribution in [0.25, 0.3) is 16.9 Å². The van der Waals surface area contributed by atoms with E-state index in [0.29, 0.717) is 28.5 Å². The third-order valence-corrected chi connectivity index (χ3v) is 5.79. The minimum absolute atomic E-state index is 0.00645. The zero-order valence-electron chi connectivity index (χ0n) is 17.2. The van der Waals surface area contributed by atoms with Crippen LogP contribution in [0.1, 0.15) is 33.3 Å². The smallest absolute Gasteiger partial charge is 0.184 e. The Bertz CT molecular complexity index is 1380. The van der Waals surface area contributed by atoms with Gasteiger partial charge in [0.2, 0.25) is 0 Å². The number of hydrogen-bond donors (Lipinski definition) is 0. The van der Waals surface area contributed by atoms with Crippen molar-refractivity contribution in [1.82, 2.24) is 19.3 Å². The van der Waals surface area contributed by atoms with E-state index < -0.39 is 9.84 Å². The first-order chi connectivity index (χ1) is 14.1. The Morgan fingerprint density at radius 2 is 1.87 bits per heavy atom. The Hall–Kier alpha value is -3.20. The van der Waals surface area contributed by atoms with Gasteiger partial charge in [-0.25, -0.2) is 13.4 Å². The maximum Gasteiger partial charge on any atom is 0.184 e. The molecule has 9 heteroatoms. The quantitative estimate of drug-likeness (QED) is 0.439. The normalized spacial score (nSPS) is 12.0. The number of fused-ring (bicyclic) bond motifs is 1. The summed E-state index contributed by atoms with van der Waals surface area (Å²) in [4.78, 5) is 17.7. The molecule has 0 aliphatic heterocycles. The monoisotopic (exact) mass is 426 g/mol. The van der Waals surface area contributed by atoms with E-state index >= 15 is 0 Å². The number of carbonyl (C=O) groups excluding carboxylic acids is 1. The molecule has 3 heterocycles. The van der Waals surface area contributed by atoms with E-state index in [2.05, 4.69) is 10.1 Å². The molecule has 0 fully saturated rings. The molecule has 0 aliphatic carbocycles. The molecule has 30 heavy (non-hydrogen) atoms. The first-order valence-corrected chi connectivity index (χ1v) is 11.5. The Balaban J connectivity index is 1.75. The lowest BCUT2D eigenvalue weighted by Gasteiger charge is -2.09. The Labute approximate surface area is 174 Å². The molecule has 0 radical (unpaired) electrons. The second-order valence-electron chi connectivity index (χ2n) is 7.51. The molecule has 0 saturated heterocycles. The highest BCUT2D eigenvalue weighted by Gasteiger charge is 2.22. The fourth-order valence-electron chi connectivity index (χ4n) is 3.73. The van der Waals surface area contributed by atoms with Crippen LogP contribution in [0.5, 0.6) is 0 Å². The van der Waals surface area contributed by atoms with Gasteiger partial charge in [-0.3, -0.25) is 9.36 Å². The van der Waals surface area contributed by atoms with Crippen LogP contribution < -0.4 is 0 Å². The van der Waals surface area contributed by atoms with E-state index in [-0.39, 0.29) is 18.1 Å². The summed E-state index contributed by atoms with van der Waals surface area (Å²) in [5.74, 6) is 1.29. The van der Waals surface area contributed by atoms with E-state index in [1.54, 1.807) is 10.6 Å². The number of Topliss-reactive ketones (excluding diaryl/α,β-unsaturated/α-hetero) is 1. The van der Waals surface area contributed by atoms with Crippen LogP contribution in [0.3, 0.4) is 0 Å². The highest BCUT2D eigenvalue weighted by Crippen LogP contribution is 2.23. The van der Waals surface area contributed by atoms with Crippen LogP contribution in [0.4, 0.5) is 0 Å². The SMILES string of the molecule is Cc1cc(-n2c(C)cc(C(=O)Cn3c(CS(C)(=O)=O)nc4ccccc43)c2C)no1. The summed E-state index contributed by atoms with van der Waals surface area (Å²) in [7, 11) is -3.31. The first-order valence-electron chi connectivity index (χ1n) is 9.42. The van der Waals surface area contributed by atoms with Crippen molar-refractivity contribution < 1.29 is 17.7 Å². The molecule has 0 spiro atoms. The summed E-state index contributed by atoms with van der Waals surface area (Å²) < 4.78 is 32.5. The maximum atomic E-state index is 13.2. The predicted molar refractivity (Wildman–Crippen MR) is 113 cm³/mol. The van der Waals surface area contributed by atoms with Gasteiger partial charge < -0.3 is 9.09 Å². The molecule has 0 amide bonds. The summed E-state index contributed by atoms with van der Waals surface area (Å²) >= 11 is 0. The van der Waals surface area contributed by atoms with Gasteiger partial charge in [-0.2, -0.15) is 0 Å². The number of para-hydroxylation sites is 2. The van der Waals surface area contributed by atoms with Crippen LogP contribution >= 0.6 is 0 Å². The van der Waals surface area contributed by atoms with Gasteiger partial charge in [0, 0.05) is 29.3 Å². The summed E-state index contributed by atoms with van der Waals surface area (Å²) in [6.07, 6.45) is 1.16. The largest absolute Gasteiger partial charge is 0.360 e. The summed E-state index contributed by atoms with van der Waals surface area (Å²) in [6.45, 7) is 5.56. The molecule has 156 valence electrons. The van der Waals surface area contributed by atoms with Crippen molar-refractivity contribution in [1.29, 1.82) is 0 Å². The van der Waals surface area contributed by atoms with Crippen LogP contribution in [-0.4, -0.2) is 39.7 Å². The van der Waals surface area contributed by atoms with E-state index in [9.17, 15) is 13.2 Å². The van der Waals surface area contributed by atoms with Gasteiger partial charge >= 0.3 is 0 Å². The van der Waals surface area contributed by atoms with Crippen molar-refractivity contribution in [3.05, 3.63) is 64.9 Å². The summed E-state index contributed by atoms with van der Waals surface area (Å²) in [6, 6.07) is 10.9. The number of nitrogens with zero attached hydrogens (tertiary/aromatic N) is 4. The van der Waals surface area contributed by atoms with Gasteiger partial charge in [0.05, 0.1) is 17.6 Å². The van der Waals surface area contributed by atoms with Crippen molar-refractivity contribution in [2.24, 2.45) is 0 Å². The Morgan fingerprint density at radius 3 is 2.53 bits per heavy atom. The molecule has 0 unspecified atom stereocenters. The van der Waals surface area contributed by atoms with Gasteiger partial charge in [-0.15, -0.1) is 0 Å². The second-order valence-corrected chi connectivity index (χ2v) is 9.65. The highest BCUT2D eigenvalue weighted by atomic mass is 32.2. The lowest BCUT2D eigenvalue weighted by molar-refractivity contribution is 0.0972. The number of aryl methyl sites for hydroxylation is 2. The first kappa shape index (κ1) is 20.1. The third-order valence-electron chi connectivity index (χ3n) is 5.00. The standard InChI is InChI=1S/C21H22N4O4S/c1-13-9-16(15(3)25(13)20-10-14(2)29-23-20)19(26)11-24-18-8-6-5-7-17(18)22-21(24)12-30(4,27)28/h5-10H,11-12H2,1-4H3. The molecule has 0 bridgehead atoms. The molecule has 4 rings (SSSR count). The Morgan fingerprint density at radius 1 is 1.13 bits per heavy atom. The molecule has 0 atom stereocenters. The summed E-state index contributed by atoms with van der Waals surface area (Å²) in [5, 5.41) is 4.05. The molecule has 0 aliphatic rings. The van der Waals surface area contributed by atoms with E-state index in [1.807, 2.05) is 55.7 Å². The number of imidazole rings is 1. The van der Waals surface area contributed by atoms with Crippen LogP contribution in [-0.2, 0) is 22.1 Å². The molecule has 3 aromatic heterocycles. The fourth-order valence-corrected chi connectivity index (χ4v) is 4.42. The minimum Gasteiger partial charge on any atom is -0.360 e. The van der Waals surface area contributed by atoms with E-state index in [0.717, 1.165) is 23.2 Å². The number of sulfone groups is 1. The molecular weight excluding hydrogens is 404 g/mol. The topological polar surface area (TPSA) is 100.0 Å². The van der Waals surface area contributed by atoms with Crippen LogP contribution in [0, 0.1) is 20.8 Å². The lowest BCUT2D eigenvalue weighted by Crippen LogP contribution is -2.16. The minimum atomic E-state index is -3.31. The van der Waals surface area contributed by atoms with Gasteiger partial charge in [-0.05, 0) is 39.0 Å². The average Bonchev–Trinajstić information content (AvgIpc) is 3.30. The van der Waals surface area contributed by atoms with Crippen LogP contribution in [0.15, 0.2) is 40.9 Å². The highest BCUT2D eigenvalue weighted by molar-refractivity contribution is 7.89. The fraction of sp³-hybridized carbons (Fsp3) is 0.286. The molecule has 8 nitrogen and oxygen atoms in total. The molecule has 1 aromatic carbocycles. The number of benzene rings is 1. The lowest BCUT2D eigenvalue weighted by atomic mass is 10.1. The van der Waals surface area contributed by atoms with Crippen molar-refractivity contribution in [2.45, 2.75) is 33.1 Å². The number of aromatic nitrogens is 4. The zero-order chi connectivity index (χ0) is 21.6. The van der Waals surface area contributed by atoms with Crippen molar-refractivity contribution in [2.75, 3.05) is 6.26 Å². The van der Waals surface area contributed by atoms with E-state index in [4.69, 9.17) is 4.52 Å². The van der Waals surface area contributed by atoms with Gasteiger partial charge in [-0.1, -0.05) is 17.3 Å². The van der Waals surface area contributed by atoms with E-state index in [1.165, 1.54) is 0 Å². The van der Waals surface area contributed by atoms with Gasteiger partial charge in [0.1, 0.15) is 17.3 Å². The number of hydrogen-bond acceptors (Lipinski definition) is 6. The second kappa shape index (κ2) is 7.24. The molecule has 0 N–H and O–H groups in total. The molecular formula is C21H22N4O4S. The van der Waals surface area contributed by atoms with Crippen molar-refractivity contribution >= 4 is 26.7 Å². The van der Waals surface area contributed by atoms with Crippen molar-refractivity contribution in [3.8, 4) is 5.82 Å². The zero-order valence-corrected chi connectivity index (χ0v) is 18.0. The number of carbonyl (C=O) groups is 1. The summed E-state index contributed by atoms with van der Waals surface area (Å²) in [5.41, 5.74) is 3.55. The number of ketones is 1. The number of rotatable bonds is 6. The van der Waals surface area contributed by atoms with Gasteiger partial charge in [0.15, 0.2) is 21.4 Å². The van der Waals surface area contributed by atoms with Crippen LogP contribution in [0.2, 0.25) is 0 Å². The van der Waals surface area contributed by atoms with Crippen molar-refractivity contribution in [3.63, 3.8) is 0 Å². The Kier molecular flexibility index (Phi) is 4.85. The average molecular weight is 426 g/mol. The predicted octanol–water partition coefficient (Wildman–Crippen LogP) is 3.17.